The van der Waals surface area contributed by atoms with E-state index < -0.39 is 29.0 Å². The second-order valence-corrected chi connectivity index (χ2v) is 5.44. The molecule has 1 unspecified atom stereocenters. The molecule has 23 heavy (non-hydrogen) atoms. The van der Waals surface area contributed by atoms with E-state index in [2.05, 4.69) is 5.32 Å². The van der Waals surface area contributed by atoms with Gasteiger partial charge in [0.25, 0.3) is 5.91 Å². The Morgan fingerprint density at radius 1 is 1.26 bits per heavy atom. The first-order valence-corrected chi connectivity index (χ1v) is 7.15. The molecule has 0 aromatic heterocycles. The highest BCUT2D eigenvalue weighted by Gasteiger charge is 2.33. The molecule has 8 heteroatoms. The van der Waals surface area contributed by atoms with Gasteiger partial charge in [-0.3, -0.25) is 4.79 Å². The van der Waals surface area contributed by atoms with Crippen molar-refractivity contribution in [3.63, 3.8) is 0 Å². The lowest BCUT2D eigenvalue weighted by molar-refractivity contribution is -0.137. The molecule has 1 amide bonds. The van der Waals surface area contributed by atoms with E-state index in [4.69, 9.17) is 0 Å². The van der Waals surface area contributed by atoms with Crippen molar-refractivity contribution in [3.05, 3.63) is 35.1 Å². The summed E-state index contributed by atoms with van der Waals surface area (Å²) in [7, 11) is 1.51. The molecule has 1 aromatic carbocycles. The average Bonchev–Trinajstić information content (AvgIpc) is 2.74. The minimum absolute atomic E-state index is 0. The fraction of sp³-hybridized carbons (Fsp3) is 0.533. The summed E-state index contributed by atoms with van der Waals surface area (Å²) in [6, 6.07) is 1.82. The number of rotatable bonds is 2. The molecule has 130 valence electrons. The van der Waals surface area contributed by atoms with Gasteiger partial charge in [0.2, 0.25) is 0 Å². The van der Waals surface area contributed by atoms with Crippen molar-refractivity contribution in [2.45, 2.75) is 31.5 Å². The van der Waals surface area contributed by atoms with Crippen molar-refractivity contribution in [1.29, 1.82) is 0 Å². The summed E-state index contributed by atoms with van der Waals surface area (Å²) in [5, 5.41) is 3.19. The zero-order chi connectivity index (χ0) is 16.3. The number of carbonyl (C=O) groups excluding carboxylic acids is 1. The number of nitrogens with one attached hydrogen (secondary N) is 1. The third-order valence-electron chi connectivity index (χ3n) is 3.94. The van der Waals surface area contributed by atoms with Crippen LogP contribution in [0.5, 0.6) is 0 Å². The highest BCUT2D eigenvalue weighted by atomic mass is 35.5. The van der Waals surface area contributed by atoms with Crippen molar-refractivity contribution < 1.29 is 22.4 Å². The predicted molar refractivity (Wildman–Crippen MR) is 81.3 cm³/mol. The standard InChI is InChI=1S/C15H18F4N2O.ClH/c1-21(11-3-2-7-20-8-6-11)14(22)12-9-10(15(17,18)19)4-5-13(12)16;/h4-5,9,11,20H,2-3,6-8H2,1H3;1H. The third-order valence-corrected chi connectivity index (χ3v) is 3.94. The summed E-state index contributed by atoms with van der Waals surface area (Å²) in [5.41, 5.74) is -1.55. The quantitative estimate of drug-likeness (QED) is 0.825. The number of carbonyl (C=O) groups is 1. The van der Waals surface area contributed by atoms with Gasteiger partial charge in [-0.15, -0.1) is 12.4 Å². The molecule has 1 N–H and O–H groups in total. The summed E-state index contributed by atoms with van der Waals surface area (Å²) in [5.74, 6) is -1.65. The molecule has 1 aromatic rings. The van der Waals surface area contributed by atoms with Crippen LogP contribution in [0.15, 0.2) is 18.2 Å². The SMILES string of the molecule is CN(C(=O)c1cc(C(F)(F)F)ccc1F)C1CCCNCC1.Cl. The van der Waals surface area contributed by atoms with Crippen LogP contribution in [0.1, 0.15) is 35.2 Å². The molecule has 0 aliphatic carbocycles. The van der Waals surface area contributed by atoms with Crippen LogP contribution in [0.4, 0.5) is 17.6 Å². The number of hydrogen-bond acceptors (Lipinski definition) is 2. The maximum atomic E-state index is 13.8. The smallest absolute Gasteiger partial charge is 0.339 e. The highest BCUT2D eigenvalue weighted by Crippen LogP contribution is 2.30. The summed E-state index contributed by atoms with van der Waals surface area (Å²) in [4.78, 5) is 13.7. The van der Waals surface area contributed by atoms with Gasteiger partial charge in [-0.2, -0.15) is 13.2 Å². The summed E-state index contributed by atoms with van der Waals surface area (Å²) in [6.07, 6.45) is -2.29. The Morgan fingerprint density at radius 2 is 1.96 bits per heavy atom. The Bertz CT molecular complexity index is 543. The minimum Gasteiger partial charge on any atom is -0.339 e. The zero-order valence-electron chi connectivity index (χ0n) is 12.6. The van der Waals surface area contributed by atoms with E-state index >= 15 is 0 Å². The molecule has 0 saturated carbocycles. The minimum atomic E-state index is -4.60. The van der Waals surface area contributed by atoms with Crippen molar-refractivity contribution >= 4 is 18.3 Å². The second kappa shape index (κ2) is 7.97. The topological polar surface area (TPSA) is 32.3 Å². The lowest BCUT2D eigenvalue weighted by Crippen LogP contribution is -2.38. The van der Waals surface area contributed by atoms with E-state index in [1.807, 2.05) is 0 Å². The molecule has 1 heterocycles. The van der Waals surface area contributed by atoms with E-state index in [1.165, 1.54) is 11.9 Å². The van der Waals surface area contributed by atoms with Crippen molar-refractivity contribution in [1.82, 2.24) is 10.2 Å². The number of halogens is 5. The molecular weight excluding hydrogens is 336 g/mol. The van der Waals surface area contributed by atoms with Crippen LogP contribution in [0, 0.1) is 5.82 Å². The van der Waals surface area contributed by atoms with Gasteiger partial charge in [0.1, 0.15) is 5.82 Å². The van der Waals surface area contributed by atoms with Gasteiger partial charge in [0.15, 0.2) is 0 Å². The average molecular weight is 355 g/mol. The van der Waals surface area contributed by atoms with Crippen LogP contribution in [0.2, 0.25) is 0 Å². The molecule has 0 spiro atoms. The van der Waals surface area contributed by atoms with Crippen LogP contribution in [-0.4, -0.2) is 37.0 Å². The van der Waals surface area contributed by atoms with Crippen LogP contribution in [0.25, 0.3) is 0 Å². The first-order chi connectivity index (χ1) is 10.3. The first-order valence-electron chi connectivity index (χ1n) is 7.15. The molecule has 1 saturated heterocycles. The fourth-order valence-corrected chi connectivity index (χ4v) is 2.61. The molecule has 1 atom stereocenters. The van der Waals surface area contributed by atoms with Gasteiger partial charge in [0, 0.05) is 13.1 Å². The first kappa shape index (κ1) is 19.7. The molecule has 2 rings (SSSR count). The van der Waals surface area contributed by atoms with Crippen LogP contribution in [-0.2, 0) is 6.18 Å². The van der Waals surface area contributed by atoms with Gasteiger partial charge in [-0.1, -0.05) is 0 Å². The van der Waals surface area contributed by atoms with Gasteiger partial charge in [-0.05, 0) is 50.6 Å². The van der Waals surface area contributed by atoms with Gasteiger partial charge in [-0.25, -0.2) is 4.39 Å². The van der Waals surface area contributed by atoms with E-state index in [0.29, 0.717) is 24.6 Å². The van der Waals surface area contributed by atoms with Crippen molar-refractivity contribution in [3.8, 4) is 0 Å². The normalized spacial score (nSPS) is 18.7. The van der Waals surface area contributed by atoms with E-state index in [0.717, 1.165) is 25.9 Å². The van der Waals surface area contributed by atoms with Crippen molar-refractivity contribution in [2.24, 2.45) is 0 Å². The molecule has 1 fully saturated rings. The summed E-state index contributed by atoms with van der Waals surface area (Å²) >= 11 is 0. The number of nitrogens with zero attached hydrogens (tertiary/aromatic N) is 1. The number of amides is 1. The van der Waals surface area contributed by atoms with Crippen LogP contribution < -0.4 is 5.32 Å². The summed E-state index contributed by atoms with van der Waals surface area (Å²) in [6.45, 7) is 1.57. The summed E-state index contributed by atoms with van der Waals surface area (Å²) < 4.78 is 51.9. The fourth-order valence-electron chi connectivity index (χ4n) is 2.61. The van der Waals surface area contributed by atoms with Crippen LogP contribution in [0.3, 0.4) is 0 Å². The van der Waals surface area contributed by atoms with Crippen molar-refractivity contribution in [2.75, 3.05) is 20.1 Å². The zero-order valence-corrected chi connectivity index (χ0v) is 13.4. The lowest BCUT2D eigenvalue weighted by Gasteiger charge is -2.27. The van der Waals surface area contributed by atoms with E-state index in [-0.39, 0.29) is 18.4 Å². The van der Waals surface area contributed by atoms with Crippen LogP contribution >= 0.6 is 12.4 Å². The monoisotopic (exact) mass is 354 g/mol. The Labute approximate surface area is 138 Å². The molecule has 1 aliphatic heterocycles. The maximum Gasteiger partial charge on any atom is 0.416 e. The van der Waals surface area contributed by atoms with Gasteiger partial charge < -0.3 is 10.2 Å². The number of hydrogen-bond donors (Lipinski definition) is 1. The molecule has 0 bridgehead atoms. The largest absolute Gasteiger partial charge is 0.416 e. The Morgan fingerprint density at radius 3 is 2.61 bits per heavy atom. The maximum absolute atomic E-state index is 13.8. The Balaban J connectivity index is 0.00000264. The number of alkyl halides is 3. The van der Waals surface area contributed by atoms with Gasteiger partial charge >= 0.3 is 6.18 Å². The Hall–Kier alpha value is -1.34. The number of benzene rings is 1. The van der Waals surface area contributed by atoms with E-state index in [1.54, 1.807) is 0 Å². The van der Waals surface area contributed by atoms with E-state index in [9.17, 15) is 22.4 Å². The predicted octanol–water partition coefficient (Wildman–Crippen LogP) is 3.48. The molecule has 1 aliphatic rings. The molecular formula is C15H19ClF4N2O. The third kappa shape index (κ3) is 4.81. The lowest BCUT2D eigenvalue weighted by atomic mass is 10.0. The second-order valence-electron chi connectivity index (χ2n) is 5.44. The molecule has 3 nitrogen and oxygen atoms in total. The Kier molecular flexibility index (Phi) is 6.83. The highest BCUT2D eigenvalue weighted by molar-refractivity contribution is 5.94. The van der Waals surface area contributed by atoms with Gasteiger partial charge in [0.05, 0.1) is 11.1 Å². The molecule has 0 radical (unpaired) electrons.